The van der Waals surface area contributed by atoms with Gasteiger partial charge in [0.25, 0.3) is 0 Å². The topological polar surface area (TPSA) is 72.7 Å². The van der Waals surface area contributed by atoms with Crippen molar-refractivity contribution in [3.8, 4) is 0 Å². The molecule has 0 bridgehead atoms. The van der Waals surface area contributed by atoms with Gasteiger partial charge in [-0.05, 0) is 38.1 Å². The van der Waals surface area contributed by atoms with Gasteiger partial charge in [0.2, 0.25) is 5.78 Å². The van der Waals surface area contributed by atoms with Gasteiger partial charge in [-0.15, -0.1) is 5.10 Å². The summed E-state index contributed by atoms with van der Waals surface area (Å²) in [5, 5.41) is 11.4. The van der Waals surface area contributed by atoms with Gasteiger partial charge in [0.1, 0.15) is 0 Å². The number of hydrogen-bond donors (Lipinski definition) is 1. The fraction of sp³-hybridized carbons (Fsp3) is 0.385. The fourth-order valence-electron chi connectivity index (χ4n) is 2.28. The van der Waals surface area contributed by atoms with Crippen LogP contribution in [0.5, 0.6) is 0 Å². The Morgan fingerprint density at radius 2 is 2.21 bits per heavy atom. The van der Waals surface area contributed by atoms with Crippen molar-refractivity contribution < 1.29 is 4.79 Å². The Kier molecular flexibility index (Phi) is 3.33. The third-order valence-corrected chi connectivity index (χ3v) is 3.35. The lowest BCUT2D eigenvalue weighted by Crippen LogP contribution is -2.29. The number of piperidine rings is 1. The summed E-state index contributed by atoms with van der Waals surface area (Å²) in [6, 6.07) is 3.81. The maximum atomic E-state index is 12.2. The Labute approximate surface area is 110 Å². The highest BCUT2D eigenvalue weighted by atomic mass is 16.1. The van der Waals surface area contributed by atoms with E-state index in [0.29, 0.717) is 17.3 Å². The lowest BCUT2D eigenvalue weighted by molar-refractivity contribution is 0.103. The summed E-state index contributed by atoms with van der Waals surface area (Å²) in [6.45, 7) is 1.97. The molecule has 1 saturated heterocycles. The van der Waals surface area contributed by atoms with Crippen LogP contribution in [-0.2, 0) is 0 Å². The Morgan fingerprint density at radius 3 is 2.95 bits per heavy atom. The van der Waals surface area contributed by atoms with E-state index in [1.807, 2.05) is 4.68 Å². The lowest BCUT2D eigenvalue weighted by atomic mass is 10.1. The molecule has 1 aliphatic heterocycles. The zero-order valence-electron chi connectivity index (χ0n) is 10.5. The SMILES string of the molecule is O=C(c1cccnc1)c1cn(C2CCNCC2)nn1. The minimum absolute atomic E-state index is 0.131. The number of rotatable bonds is 3. The van der Waals surface area contributed by atoms with Crippen molar-refractivity contribution >= 4 is 5.78 Å². The number of nitrogens with zero attached hydrogens (tertiary/aromatic N) is 4. The minimum Gasteiger partial charge on any atom is -0.317 e. The third kappa shape index (κ3) is 2.53. The fourth-order valence-corrected chi connectivity index (χ4v) is 2.28. The van der Waals surface area contributed by atoms with Crippen LogP contribution in [0, 0.1) is 0 Å². The summed E-state index contributed by atoms with van der Waals surface area (Å²) in [4.78, 5) is 16.1. The summed E-state index contributed by atoms with van der Waals surface area (Å²) in [5.74, 6) is -0.131. The summed E-state index contributed by atoms with van der Waals surface area (Å²) in [6.07, 6.45) is 6.97. The molecule has 6 heteroatoms. The van der Waals surface area contributed by atoms with Crippen LogP contribution >= 0.6 is 0 Å². The summed E-state index contributed by atoms with van der Waals surface area (Å²) >= 11 is 0. The number of pyridine rings is 1. The Bertz CT molecular complexity index is 559. The second kappa shape index (κ2) is 5.27. The summed E-state index contributed by atoms with van der Waals surface area (Å²) in [7, 11) is 0. The van der Waals surface area contributed by atoms with Gasteiger partial charge in [-0.2, -0.15) is 0 Å². The zero-order valence-corrected chi connectivity index (χ0v) is 10.5. The number of carbonyl (C=O) groups excluding carboxylic acids is 1. The molecule has 2 aromatic rings. The standard InChI is InChI=1S/C13H15N5O/c19-13(10-2-1-5-15-8-10)12-9-18(17-16-12)11-3-6-14-7-4-11/h1-2,5,8-9,11,14H,3-4,6-7H2. The Morgan fingerprint density at radius 1 is 1.37 bits per heavy atom. The van der Waals surface area contributed by atoms with Gasteiger partial charge in [-0.1, -0.05) is 5.21 Å². The molecule has 3 heterocycles. The number of aromatic nitrogens is 4. The van der Waals surface area contributed by atoms with Gasteiger partial charge in [-0.25, -0.2) is 4.68 Å². The van der Waals surface area contributed by atoms with Crippen molar-refractivity contribution in [2.45, 2.75) is 18.9 Å². The van der Waals surface area contributed by atoms with E-state index in [4.69, 9.17) is 0 Å². The van der Waals surface area contributed by atoms with Crippen molar-refractivity contribution in [3.63, 3.8) is 0 Å². The van der Waals surface area contributed by atoms with Crippen LogP contribution in [0.4, 0.5) is 0 Å². The van der Waals surface area contributed by atoms with Crippen molar-refractivity contribution in [2.75, 3.05) is 13.1 Å². The largest absolute Gasteiger partial charge is 0.317 e. The van der Waals surface area contributed by atoms with Gasteiger partial charge < -0.3 is 5.32 Å². The number of hydrogen-bond acceptors (Lipinski definition) is 5. The quantitative estimate of drug-likeness (QED) is 0.824. The molecule has 0 aliphatic carbocycles. The minimum atomic E-state index is -0.131. The Hall–Kier alpha value is -2.08. The molecule has 0 unspecified atom stereocenters. The average Bonchev–Trinajstić information content (AvgIpc) is 2.98. The van der Waals surface area contributed by atoms with E-state index >= 15 is 0 Å². The maximum Gasteiger partial charge on any atom is 0.216 e. The van der Waals surface area contributed by atoms with Crippen molar-refractivity contribution in [1.82, 2.24) is 25.3 Å². The normalized spacial score (nSPS) is 16.4. The monoisotopic (exact) mass is 257 g/mol. The van der Waals surface area contributed by atoms with Gasteiger partial charge in [0.05, 0.1) is 12.2 Å². The van der Waals surface area contributed by atoms with E-state index in [1.54, 1.807) is 30.7 Å². The molecule has 0 saturated carbocycles. The van der Waals surface area contributed by atoms with Crippen LogP contribution in [0.25, 0.3) is 0 Å². The van der Waals surface area contributed by atoms with Crippen LogP contribution in [0.2, 0.25) is 0 Å². The average molecular weight is 257 g/mol. The molecule has 0 spiro atoms. The van der Waals surface area contributed by atoms with Crippen LogP contribution < -0.4 is 5.32 Å². The van der Waals surface area contributed by atoms with Crippen LogP contribution in [0.15, 0.2) is 30.7 Å². The molecule has 19 heavy (non-hydrogen) atoms. The molecule has 1 fully saturated rings. The second-order valence-electron chi connectivity index (χ2n) is 4.64. The van der Waals surface area contributed by atoms with E-state index in [2.05, 4.69) is 20.6 Å². The maximum absolute atomic E-state index is 12.2. The van der Waals surface area contributed by atoms with Crippen molar-refractivity contribution in [1.29, 1.82) is 0 Å². The van der Waals surface area contributed by atoms with Gasteiger partial charge in [0.15, 0.2) is 5.69 Å². The number of nitrogens with one attached hydrogen (secondary N) is 1. The molecule has 0 aromatic carbocycles. The lowest BCUT2D eigenvalue weighted by Gasteiger charge is -2.22. The first-order chi connectivity index (χ1) is 9.34. The molecule has 0 atom stereocenters. The van der Waals surface area contributed by atoms with Crippen LogP contribution in [0.3, 0.4) is 0 Å². The molecule has 98 valence electrons. The van der Waals surface area contributed by atoms with Crippen molar-refractivity contribution in [2.24, 2.45) is 0 Å². The first-order valence-corrected chi connectivity index (χ1v) is 6.42. The predicted octanol–water partition coefficient (Wildman–Crippen LogP) is 0.829. The van der Waals surface area contributed by atoms with E-state index in [-0.39, 0.29) is 5.78 Å². The predicted molar refractivity (Wildman–Crippen MR) is 68.8 cm³/mol. The highest BCUT2D eigenvalue weighted by Crippen LogP contribution is 2.17. The molecule has 2 aromatic heterocycles. The first kappa shape index (κ1) is 12.0. The molecular weight excluding hydrogens is 242 g/mol. The first-order valence-electron chi connectivity index (χ1n) is 6.42. The van der Waals surface area contributed by atoms with Gasteiger partial charge in [0, 0.05) is 18.0 Å². The molecule has 0 amide bonds. The summed E-state index contributed by atoms with van der Waals surface area (Å²) < 4.78 is 1.81. The molecule has 0 radical (unpaired) electrons. The molecule has 3 rings (SSSR count). The highest BCUT2D eigenvalue weighted by molar-refractivity contribution is 6.07. The zero-order chi connectivity index (χ0) is 13.1. The van der Waals surface area contributed by atoms with E-state index in [1.165, 1.54) is 0 Å². The molecular formula is C13H15N5O. The number of carbonyl (C=O) groups is 1. The highest BCUT2D eigenvalue weighted by Gasteiger charge is 2.19. The third-order valence-electron chi connectivity index (χ3n) is 3.35. The van der Waals surface area contributed by atoms with Gasteiger partial charge >= 0.3 is 0 Å². The number of ketones is 1. The molecule has 1 N–H and O–H groups in total. The van der Waals surface area contributed by atoms with Crippen LogP contribution in [-0.4, -0.2) is 38.9 Å². The molecule has 1 aliphatic rings. The van der Waals surface area contributed by atoms with E-state index in [9.17, 15) is 4.79 Å². The van der Waals surface area contributed by atoms with Crippen LogP contribution in [0.1, 0.15) is 34.9 Å². The smallest absolute Gasteiger partial charge is 0.216 e. The summed E-state index contributed by atoms with van der Waals surface area (Å²) in [5.41, 5.74) is 0.923. The molecule has 6 nitrogen and oxygen atoms in total. The van der Waals surface area contributed by atoms with E-state index in [0.717, 1.165) is 25.9 Å². The van der Waals surface area contributed by atoms with E-state index < -0.39 is 0 Å². The Balaban J connectivity index is 1.79. The van der Waals surface area contributed by atoms with Crippen molar-refractivity contribution in [3.05, 3.63) is 42.0 Å². The second-order valence-corrected chi connectivity index (χ2v) is 4.64. The van der Waals surface area contributed by atoms with Gasteiger partial charge in [-0.3, -0.25) is 9.78 Å².